The molecule has 2 N–H and O–H groups in total. The van der Waals surface area contributed by atoms with Crippen LogP contribution in [-0.4, -0.2) is 32.5 Å². The zero-order valence-corrected chi connectivity index (χ0v) is 14.2. The largest absolute Gasteiger partial charge is 0.447 e. The van der Waals surface area contributed by atoms with E-state index in [1.807, 2.05) is 13.2 Å². The predicted molar refractivity (Wildman–Crippen MR) is 86.0 cm³/mol. The van der Waals surface area contributed by atoms with E-state index in [1.165, 1.54) is 12.5 Å². The maximum absolute atomic E-state index is 12.4. The Balaban J connectivity index is 2.05. The second kappa shape index (κ2) is 7.67. The van der Waals surface area contributed by atoms with Crippen LogP contribution in [0.15, 0.2) is 21.6 Å². The van der Waals surface area contributed by atoms with Crippen molar-refractivity contribution in [3.63, 3.8) is 0 Å². The Kier molecular flexibility index (Phi) is 6.16. The summed E-state index contributed by atoms with van der Waals surface area (Å²) < 4.78 is 33.1. The van der Waals surface area contributed by atoms with Crippen LogP contribution in [0.2, 0.25) is 0 Å². The van der Waals surface area contributed by atoms with Crippen molar-refractivity contribution in [3.05, 3.63) is 17.9 Å². The average Bonchev–Trinajstić information content (AvgIpc) is 2.95. The SMILES string of the molecule is CCNCc1ccc(S(=O)(=O)NC2CCCCC2SC)o1. The number of hydrogen-bond acceptors (Lipinski definition) is 5. The van der Waals surface area contributed by atoms with Gasteiger partial charge in [-0.05, 0) is 37.8 Å². The predicted octanol–water partition coefficient (Wildman–Crippen LogP) is 2.34. The third kappa shape index (κ3) is 4.48. The first-order valence-electron chi connectivity index (χ1n) is 7.41. The van der Waals surface area contributed by atoms with Gasteiger partial charge in [-0.25, -0.2) is 13.1 Å². The minimum Gasteiger partial charge on any atom is -0.447 e. The van der Waals surface area contributed by atoms with E-state index in [-0.39, 0.29) is 11.1 Å². The van der Waals surface area contributed by atoms with Crippen molar-refractivity contribution >= 4 is 21.8 Å². The fourth-order valence-electron chi connectivity index (χ4n) is 2.62. The molecule has 0 aromatic carbocycles. The summed E-state index contributed by atoms with van der Waals surface area (Å²) in [6, 6.07) is 3.25. The van der Waals surface area contributed by atoms with E-state index < -0.39 is 10.0 Å². The number of nitrogens with one attached hydrogen (secondary N) is 2. The van der Waals surface area contributed by atoms with E-state index in [9.17, 15) is 8.42 Å². The van der Waals surface area contributed by atoms with E-state index in [4.69, 9.17) is 4.42 Å². The molecule has 21 heavy (non-hydrogen) atoms. The van der Waals surface area contributed by atoms with Crippen LogP contribution in [0, 0.1) is 0 Å². The number of hydrogen-bond donors (Lipinski definition) is 2. The molecule has 2 unspecified atom stereocenters. The molecule has 1 aliphatic carbocycles. The molecule has 2 atom stereocenters. The number of thioether (sulfide) groups is 1. The van der Waals surface area contributed by atoms with E-state index in [1.54, 1.807) is 17.8 Å². The van der Waals surface area contributed by atoms with Crippen LogP contribution in [0.3, 0.4) is 0 Å². The fraction of sp³-hybridized carbons (Fsp3) is 0.714. The van der Waals surface area contributed by atoms with Crippen molar-refractivity contribution in [1.82, 2.24) is 10.0 Å². The second-order valence-electron chi connectivity index (χ2n) is 5.29. The highest BCUT2D eigenvalue weighted by Gasteiger charge is 2.30. The highest BCUT2D eigenvalue weighted by atomic mass is 32.2. The lowest BCUT2D eigenvalue weighted by molar-refractivity contribution is 0.388. The lowest BCUT2D eigenvalue weighted by atomic mass is 9.96. The van der Waals surface area contributed by atoms with Gasteiger partial charge in [-0.1, -0.05) is 19.8 Å². The van der Waals surface area contributed by atoms with Gasteiger partial charge in [0.1, 0.15) is 5.76 Å². The van der Waals surface area contributed by atoms with Crippen LogP contribution in [0.25, 0.3) is 0 Å². The monoisotopic (exact) mass is 332 g/mol. The molecule has 1 saturated carbocycles. The zero-order valence-electron chi connectivity index (χ0n) is 12.6. The minimum absolute atomic E-state index is 0.000988. The number of furan rings is 1. The lowest BCUT2D eigenvalue weighted by Gasteiger charge is -2.30. The average molecular weight is 332 g/mol. The summed E-state index contributed by atoms with van der Waals surface area (Å²) in [4.78, 5) is 0. The summed E-state index contributed by atoms with van der Waals surface area (Å²) in [5.74, 6) is 0.641. The third-order valence-corrected chi connectivity index (χ3v) is 6.29. The van der Waals surface area contributed by atoms with Gasteiger partial charge in [0.05, 0.1) is 6.54 Å². The van der Waals surface area contributed by atoms with Gasteiger partial charge in [-0.15, -0.1) is 0 Å². The molecule has 2 rings (SSSR count). The van der Waals surface area contributed by atoms with Crippen LogP contribution in [0.1, 0.15) is 38.4 Å². The normalized spacial score (nSPS) is 23.3. The molecular formula is C14H24N2O3S2. The Hall–Kier alpha value is -0.500. The number of sulfonamides is 1. The molecule has 120 valence electrons. The summed E-state index contributed by atoms with van der Waals surface area (Å²) in [5, 5.41) is 3.48. The van der Waals surface area contributed by atoms with E-state index in [2.05, 4.69) is 10.0 Å². The van der Waals surface area contributed by atoms with Crippen molar-refractivity contribution in [2.75, 3.05) is 12.8 Å². The fourth-order valence-corrected chi connectivity index (χ4v) is 4.90. The first-order chi connectivity index (χ1) is 10.1. The zero-order chi connectivity index (χ0) is 15.3. The van der Waals surface area contributed by atoms with Crippen molar-refractivity contribution in [3.8, 4) is 0 Å². The van der Waals surface area contributed by atoms with Crippen molar-refractivity contribution in [2.24, 2.45) is 0 Å². The molecule has 1 fully saturated rings. The molecule has 1 aromatic heterocycles. The molecule has 0 aliphatic heterocycles. The maximum atomic E-state index is 12.4. The molecule has 1 aliphatic rings. The van der Waals surface area contributed by atoms with Gasteiger partial charge in [0.25, 0.3) is 10.0 Å². The van der Waals surface area contributed by atoms with E-state index in [0.717, 1.165) is 25.8 Å². The van der Waals surface area contributed by atoms with Gasteiger partial charge in [-0.3, -0.25) is 0 Å². The molecule has 0 saturated heterocycles. The molecule has 1 aromatic rings. The summed E-state index contributed by atoms with van der Waals surface area (Å²) >= 11 is 1.74. The van der Waals surface area contributed by atoms with Crippen LogP contribution in [0.4, 0.5) is 0 Å². The lowest BCUT2D eigenvalue weighted by Crippen LogP contribution is -2.43. The van der Waals surface area contributed by atoms with E-state index in [0.29, 0.717) is 17.6 Å². The minimum atomic E-state index is -3.56. The second-order valence-corrected chi connectivity index (χ2v) is 8.01. The molecular weight excluding hydrogens is 308 g/mol. The van der Waals surface area contributed by atoms with Gasteiger partial charge >= 0.3 is 0 Å². The Bertz CT molecular complexity index is 542. The smallest absolute Gasteiger partial charge is 0.274 e. The highest BCUT2D eigenvalue weighted by molar-refractivity contribution is 7.99. The Morgan fingerprint density at radius 2 is 2.10 bits per heavy atom. The molecule has 1 heterocycles. The first kappa shape index (κ1) is 16.9. The third-order valence-electron chi connectivity index (χ3n) is 3.76. The van der Waals surface area contributed by atoms with Crippen LogP contribution in [-0.2, 0) is 16.6 Å². The van der Waals surface area contributed by atoms with Gasteiger partial charge < -0.3 is 9.73 Å². The Morgan fingerprint density at radius 3 is 2.81 bits per heavy atom. The molecule has 0 bridgehead atoms. The van der Waals surface area contributed by atoms with Crippen LogP contribution in [0.5, 0.6) is 0 Å². The van der Waals surface area contributed by atoms with Crippen LogP contribution >= 0.6 is 11.8 Å². The molecule has 5 nitrogen and oxygen atoms in total. The Morgan fingerprint density at radius 1 is 1.33 bits per heavy atom. The molecule has 0 amide bonds. The van der Waals surface area contributed by atoms with Gasteiger partial charge in [0.15, 0.2) is 0 Å². The standard InChI is InChI=1S/C14H24N2O3S2/c1-3-15-10-11-8-9-14(19-11)21(17,18)16-12-6-4-5-7-13(12)20-2/h8-9,12-13,15-16H,3-7,10H2,1-2H3. The summed E-state index contributed by atoms with van der Waals surface area (Å²) in [6.07, 6.45) is 6.26. The summed E-state index contributed by atoms with van der Waals surface area (Å²) in [7, 11) is -3.56. The Labute approximate surface area is 131 Å². The quantitative estimate of drug-likeness (QED) is 0.802. The highest BCUT2D eigenvalue weighted by Crippen LogP contribution is 2.28. The molecule has 7 heteroatoms. The van der Waals surface area contributed by atoms with Crippen molar-refractivity contribution in [1.29, 1.82) is 0 Å². The van der Waals surface area contributed by atoms with Gasteiger partial charge in [0, 0.05) is 11.3 Å². The first-order valence-corrected chi connectivity index (χ1v) is 10.2. The van der Waals surface area contributed by atoms with Gasteiger partial charge in [0.2, 0.25) is 5.09 Å². The van der Waals surface area contributed by atoms with Crippen molar-refractivity contribution < 1.29 is 12.8 Å². The molecule has 0 spiro atoms. The van der Waals surface area contributed by atoms with Gasteiger partial charge in [-0.2, -0.15) is 11.8 Å². The number of rotatable bonds is 7. The van der Waals surface area contributed by atoms with E-state index >= 15 is 0 Å². The summed E-state index contributed by atoms with van der Waals surface area (Å²) in [6.45, 7) is 3.36. The van der Waals surface area contributed by atoms with Crippen molar-refractivity contribution in [2.45, 2.75) is 55.5 Å². The molecule has 0 radical (unpaired) electrons. The topological polar surface area (TPSA) is 71.3 Å². The maximum Gasteiger partial charge on any atom is 0.274 e. The van der Waals surface area contributed by atoms with Crippen LogP contribution < -0.4 is 10.0 Å². The summed E-state index contributed by atoms with van der Waals surface area (Å²) in [5.41, 5.74) is 0.